The molecule has 0 amide bonds. The number of benzene rings is 2. The molecule has 2 aromatic carbocycles. The van der Waals surface area contributed by atoms with Crippen LogP contribution in [0.15, 0.2) is 66.7 Å². The van der Waals surface area contributed by atoms with E-state index in [1.165, 1.54) is 0 Å². The highest BCUT2D eigenvalue weighted by atomic mass is 16.4. The SMILES string of the molecule is O=C(O)CN(C/C=C/c1ccccc1)Cc1ccccc1. The Morgan fingerprint density at radius 1 is 1.00 bits per heavy atom. The molecule has 1 N–H and O–H groups in total. The van der Waals surface area contributed by atoms with Crippen LogP contribution in [0.3, 0.4) is 0 Å². The van der Waals surface area contributed by atoms with Crippen LogP contribution in [0.2, 0.25) is 0 Å². The molecular formula is C18H19NO2. The Morgan fingerprint density at radius 3 is 2.24 bits per heavy atom. The molecular weight excluding hydrogens is 262 g/mol. The third-order valence-electron chi connectivity index (χ3n) is 3.08. The second kappa shape index (κ2) is 8.02. The van der Waals surface area contributed by atoms with Gasteiger partial charge in [0, 0.05) is 13.1 Å². The Balaban J connectivity index is 1.96. The number of carboxylic acid groups (broad SMARTS) is 1. The maximum atomic E-state index is 11.0. The van der Waals surface area contributed by atoms with Crippen LogP contribution in [0, 0.1) is 0 Å². The second-order valence-electron chi connectivity index (χ2n) is 4.86. The quantitative estimate of drug-likeness (QED) is 0.846. The zero-order chi connectivity index (χ0) is 14.9. The van der Waals surface area contributed by atoms with Crippen molar-refractivity contribution in [2.24, 2.45) is 0 Å². The zero-order valence-electron chi connectivity index (χ0n) is 11.9. The molecule has 0 aliphatic carbocycles. The number of aliphatic carboxylic acids is 1. The lowest BCUT2D eigenvalue weighted by atomic mass is 10.2. The summed E-state index contributed by atoms with van der Waals surface area (Å²) in [4.78, 5) is 12.9. The van der Waals surface area contributed by atoms with Gasteiger partial charge in [-0.25, -0.2) is 0 Å². The van der Waals surface area contributed by atoms with Crippen LogP contribution in [0.25, 0.3) is 6.08 Å². The second-order valence-corrected chi connectivity index (χ2v) is 4.86. The van der Waals surface area contributed by atoms with Gasteiger partial charge in [0.05, 0.1) is 6.54 Å². The normalized spacial score (nSPS) is 11.1. The van der Waals surface area contributed by atoms with Gasteiger partial charge in [-0.15, -0.1) is 0 Å². The van der Waals surface area contributed by atoms with E-state index < -0.39 is 5.97 Å². The summed E-state index contributed by atoms with van der Waals surface area (Å²) < 4.78 is 0. The van der Waals surface area contributed by atoms with Gasteiger partial charge in [0.2, 0.25) is 0 Å². The van der Waals surface area contributed by atoms with Gasteiger partial charge in [0.1, 0.15) is 0 Å². The fraction of sp³-hybridized carbons (Fsp3) is 0.167. The summed E-state index contributed by atoms with van der Waals surface area (Å²) in [6, 6.07) is 19.9. The summed E-state index contributed by atoms with van der Waals surface area (Å²) in [5, 5.41) is 9.01. The maximum absolute atomic E-state index is 11.0. The van der Waals surface area contributed by atoms with E-state index in [9.17, 15) is 4.79 Å². The summed E-state index contributed by atoms with van der Waals surface area (Å²) in [5.41, 5.74) is 2.24. The Labute approximate surface area is 125 Å². The summed E-state index contributed by atoms with van der Waals surface area (Å²) >= 11 is 0. The van der Waals surface area contributed by atoms with Gasteiger partial charge < -0.3 is 5.11 Å². The van der Waals surface area contributed by atoms with Crippen LogP contribution in [0.1, 0.15) is 11.1 Å². The molecule has 0 bridgehead atoms. The fourth-order valence-electron chi connectivity index (χ4n) is 2.12. The highest BCUT2D eigenvalue weighted by molar-refractivity contribution is 5.69. The number of carboxylic acids is 1. The van der Waals surface area contributed by atoms with Crippen molar-refractivity contribution in [3.8, 4) is 0 Å². The predicted molar refractivity (Wildman–Crippen MR) is 84.8 cm³/mol. The summed E-state index contributed by atoms with van der Waals surface area (Å²) in [7, 11) is 0. The molecule has 0 fully saturated rings. The van der Waals surface area contributed by atoms with Crippen LogP contribution in [0.5, 0.6) is 0 Å². The van der Waals surface area contributed by atoms with Crippen molar-refractivity contribution in [3.63, 3.8) is 0 Å². The van der Waals surface area contributed by atoms with Crippen molar-refractivity contribution < 1.29 is 9.90 Å². The number of nitrogens with zero attached hydrogens (tertiary/aromatic N) is 1. The molecule has 0 spiro atoms. The van der Waals surface area contributed by atoms with Crippen LogP contribution < -0.4 is 0 Å². The van der Waals surface area contributed by atoms with Crippen molar-refractivity contribution in [1.82, 2.24) is 4.90 Å². The molecule has 0 aliphatic rings. The Bertz CT molecular complexity index is 579. The average Bonchev–Trinajstić information content (AvgIpc) is 2.49. The predicted octanol–water partition coefficient (Wildman–Crippen LogP) is 3.29. The Morgan fingerprint density at radius 2 is 1.62 bits per heavy atom. The first-order valence-corrected chi connectivity index (χ1v) is 6.94. The lowest BCUT2D eigenvalue weighted by molar-refractivity contribution is -0.138. The van der Waals surface area contributed by atoms with Crippen LogP contribution >= 0.6 is 0 Å². The van der Waals surface area contributed by atoms with Gasteiger partial charge in [0.25, 0.3) is 0 Å². The Hall–Kier alpha value is -2.39. The molecule has 0 saturated carbocycles. The first-order valence-electron chi connectivity index (χ1n) is 6.94. The minimum atomic E-state index is -0.806. The first kappa shape index (κ1) is 15.0. The van der Waals surface area contributed by atoms with E-state index in [2.05, 4.69) is 0 Å². The fourth-order valence-corrected chi connectivity index (χ4v) is 2.12. The highest BCUT2D eigenvalue weighted by Crippen LogP contribution is 2.06. The number of carbonyl (C=O) groups is 1. The summed E-state index contributed by atoms with van der Waals surface area (Å²) in [6.07, 6.45) is 4.01. The smallest absolute Gasteiger partial charge is 0.317 e. The standard InChI is InChI=1S/C18H19NO2/c20-18(21)15-19(14-17-10-5-2-6-11-17)13-7-12-16-8-3-1-4-9-16/h1-12H,13-15H2,(H,20,21)/b12-7+. The van der Waals surface area contributed by atoms with Crippen LogP contribution in [-0.2, 0) is 11.3 Å². The zero-order valence-corrected chi connectivity index (χ0v) is 11.9. The molecule has 108 valence electrons. The maximum Gasteiger partial charge on any atom is 0.317 e. The van der Waals surface area contributed by atoms with E-state index >= 15 is 0 Å². The molecule has 0 saturated heterocycles. The van der Waals surface area contributed by atoms with E-state index in [-0.39, 0.29) is 6.54 Å². The van der Waals surface area contributed by atoms with Crippen molar-refractivity contribution in [3.05, 3.63) is 77.9 Å². The minimum Gasteiger partial charge on any atom is -0.480 e. The molecule has 0 unspecified atom stereocenters. The van der Waals surface area contributed by atoms with E-state index in [0.29, 0.717) is 13.1 Å². The minimum absolute atomic E-state index is 0.0357. The van der Waals surface area contributed by atoms with Crippen LogP contribution in [0.4, 0.5) is 0 Å². The summed E-state index contributed by atoms with van der Waals surface area (Å²) in [6.45, 7) is 1.27. The topological polar surface area (TPSA) is 40.5 Å². The van der Waals surface area contributed by atoms with Crippen molar-refractivity contribution in [1.29, 1.82) is 0 Å². The van der Waals surface area contributed by atoms with E-state index in [4.69, 9.17) is 5.11 Å². The molecule has 0 radical (unpaired) electrons. The molecule has 2 aromatic rings. The number of rotatable bonds is 7. The average molecular weight is 281 g/mol. The van der Waals surface area contributed by atoms with E-state index in [1.54, 1.807) is 0 Å². The van der Waals surface area contributed by atoms with Crippen molar-refractivity contribution in [2.45, 2.75) is 6.54 Å². The molecule has 21 heavy (non-hydrogen) atoms. The van der Waals surface area contributed by atoms with Gasteiger partial charge >= 0.3 is 5.97 Å². The van der Waals surface area contributed by atoms with Crippen molar-refractivity contribution >= 4 is 12.0 Å². The third kappa shape index (κ3) is 5.63. The van der Waals surface area contributed by atoms with E-state index in [0.717, 1.165) is 11.1 Å². The van der Waals surface area contributed by atoms with Gasteiger partial charge in [-0.1, -0.05) is 72.8 Å². The Kier molecular flexibility index (Phi) is 5.73. The summed E-state index contributed by atoms with van der Waals surface area (Å²) in [5.74, 6) is -0.806. The van der Waals surface area contributed by atoms with Gasteiger partial charge in [0.15, 0.2) is 0 Å². The number of hydrogen-bond acceptors (Lipinski definition) is 2. The lowest BCUT2D eigenvalue weighted by Crippen LogP contribution is -2.29. The molecule has 3 heteroatoms. The van der Waals surface area contributed by atoms with Gasteiger partial charge in [-0.2, -0.15) is 0 Å². The van der Waals surface area contributed by atoms with Gasteiger partial charge in [-0.3, -0.25) is 9.69 Å². The first-order chi connectivity index (χ1) is 10.2. The lowest BCUT2D eigenvalue weighted by Gasteiger charge is -2.18. The van der Waals surface area contributed by atoms with Gasteiger partial charge in [-0.05, 0) is 11.1 Å². The van der Waals surface area contributed by atoms with Crippen LogP contribution in [-0.4, -0.2) is 29.1 Å². The van der Waals surface area contributed by atoms with E-state index in [1.807, 2.05) is 77.7 Å². The van der Waals surface area contributed by atoms with Crippen molar-refractivity contribution in [2.75, 3.05) is 13.1 Å². The highest BCUT2D eigenvalue weighted by Gasteiger charge is 2.08. The number of hydrogen-bond donors (Lipinski definition) is 1. The molecule has 0 aliphatic heterocycles. The molecule has 3 nitrogen and oxygen atoms in total. The monoisotopic (exact) mass is 281 g/mol. The largest absolute Gasteiger partial charge is 0.480 e. The molecule has 0 heterocycles. The molecule has 0 atom stereocenters. The molecule has 0 aromatic heterocycles. The molecule has 2 rings (SSSR count). The third-order valence-corrected chi connectivity index (χ3v) is 3.08.